The van der Waals surface area contributed by atoms with Crippen molar-refractivity contribution in [3.63, 3.8) is 0 Å². The Kier molecular flexibility index (Phi) is 7.22. The van der Waals surface area contributed by atoms with Crippen molar-refractivity contribution < 1.29 is 14.3 Å². The molecule has 160 valence electrons. The van der Waals surface area contributed by atoms with Crippen LogP contribution in [0.4, 0.5) is 0 Å². The number of ether oxygens (including phenoxy) is 1. The van der Waals surface area contributed by atoms with E-state index >= 15 is 0 Å². The van der Waals surface area contributed by atoms with E-state index in [0.29, 0.717) is 13.0 Å². The molecule has 0 radical (unpaired) electrons. The summed E-state index contributed by atoms with van der Waals surface area (Å²) >= 11 is 0. The van der Waals surface area contributed by atoms with Crippen molar-refractivity contribution in [2.24, 2.45) is 5.10 Å². The lowest BCUT2D eigenvalue weighted by Gasteiger charge is -2.10. The third-order valence-electron chi connectivity index (χ3n) is 4.92. The number of aromatic nitrogens is 1. The third kappa shape index (κ3) is 5.60. The predicted molar refractivity (Wildman–Crippen MR) is 121 cm³/mol. The molecule has 7 nitrogen and oxygen atoms in total. The van der Waals surface area contributed by atoms with E-state index in [9.17, 15) is 9.59 Å². The van der Waals surface area contributed by atoms with E-state index in [2.05, 4.69) is 20.4 Å². The van der Waals surface area contributed by atoms with Gasteiger partial charge in [-0.2, -0.15) is 5.10 Å². The summed E-state index contributed by atoms with van der Waals surface area (Å²) in [4.78, 5) is 23.9. The summed E-state index contributed by atoms with van der Waals surface area (Å²) in [5.41, 5.74) is 7.21. The Bertz CT molecular complexity index is 1070. The number of hydrogen-bond donors (Lipinski definition) is 2. The maximum atomic E-state index is 12.0. The molecule has 0 unspecified atom stereocenters. The van der Waals surface area contributed by atoms with Crippen LogP contribution in [-0.2, 0) is 16.0 Å². The van der Waals surface area contributed by atoms with Gasteiger partial charge in [0.05, 0.1) is 13.3 Å². The molecule has 7 heteroatoms. The van der Waals surface area contributed by atoms with E-state index in [0.717, 1.165) is 34.0 Å². The Morgan fingerprint density at radius 1 is 1.03 bits per heavy atom. The van der Waals surface area contributed by atoms with Crippen molar-refractivity contribution in [3.05, 3.63) is 83.2 Å². The number of aryl methyl sites for hydroxylation is 1. The molecule has 3 aromatic rings. The summed E-state index contributed by atoms with van der Waals surface area (Å²) < 4.78 is 7.29. The quantitative estimate of drug-likeness (QED) is 0.352. The van der Waals surface area contributed by atoms with Gasteiger partial charge in [-0.15, -0.1) is 0 Å². The number of nitrogens with zero attached hydrogens (tertiary/aromatic N) is 2. The largest absolute Gasteiger partial charge is 0.497 e. The van der Waals surface area contributed by atoms with Crippen LogP contribution < -0.4 is 15.5 Å². The summed E-state index contributed by atoms with van der Waals surface area (Å²) in [6.07, 6.45) is 2.19. The second-order valence-corrected chi connectivity index (χ2v) is 7.05. The first kappa shape index (κ1) is 21.8. The molecule has 2 N–H and O–H groups in total. The van der Waals surface area contributed by atoms with Crippen LogP contribution in [0.5, 0.6) is 5.75 Å². The normalized spacial score (nSPS) is 10.8. The predicted octanol–water partition coefficient (Wildman–Crippen LogP) is 2.91. The van der Waals surface area contributed by atoms with E-state index in [1.165, 1.54) is 6.21 Å². The standard InChI is InChI=1S/C24H26N4O3/c1-17-15-20(18(2)28(17)21-9-11-22(31-3)12-10-21)16-26-27-24(30)23(29)25-14-13-19-7-5-4-6-8-19/h4-12,15-16H,13-14H2,1-3H3,(H,25,29)(H,27,30)/b26-16+. The van der Waals surface area contributed by atoms with Crippen LogP contribution in [0.3, 0.4) is 0 Å². The first-order valence-corrected chi connectivity index (χ1v) is 9.98. The fraction of sp³-hybridized carbons (Fsp3) is 0.208. The Morgan fingerprint density at radius 2 is 1.74 bits per heavy atom. The minimum Gasteiger partial charge on any atom is -0.497 e. The molecule has 31 heavy (non-hydrogen) atoms. The highest BCUT2D eigenvalue weighted by Crippen LogP contribution is 2.21. The number of hydrogen-bond acceptors (Lipinski definition) is 4. The SMILES string of the molecule is COc1ccc(-n2c(C)cc(/C=N/NC(=O)C(=O)NCCc3ccccc3)c2C)cc1. The van der Waals surface area contributed by atoms with Crippen LogP contribution in [0.1, 0.15) is 22.5 Å². The lowest BCUT2D eigenvalue weighted by atomic mass is 10.1. The lowest BCUT2D eigenvalue weighted by molar-refractivity contribution is -0.139. The second kappa shape index (κ2) is 10.2. The molecule has 0 bridgehead atoms. The van der Waals surface area contributed by atoms with Gasteiger partial charge in [-0.25, -0.2) is 5.43 Å². The number of carbonyl (C=O) groups excluding carboxylic acids is 2. The van der Waals surface area contributed by atoms with Gasteiger partial charge in [-0.1, -0.05) is 30.3 Å². The topological polar surface area (TPSA) is 84.7 Å². The van der Waals surface area contributed by atoms with E-state index in [-0.39, 0.29) is 0 Å². The van der Waals surface area contributed by atoms with Gasteiger partial charge in [0.25, 0.3) is 0 Å². The number of benzene rings is 2. The van der Waals surface area contributed by atoms with Crippen molar-refractivity contribution in [1.29, 1.82) is 0 Å². The number of nitrogens with one attached hydrogen (secondary N) is 2. The minimum atomic E-state index is -0.798. The zero-order valence-corrected chi connectivity index (χ0v) is 17.9. The van der Waals surface area contributed by atoms with E-state index in [1.807, 2.05) is 74.5 Å². The van der Waals surface area contributed by atoms with Crippen molar-refractivity contribution >= 4 is 18.0 Å². The van der Waals surface area contributed by atoms with Gasteiger partial charge >= 0.3 is 11.8 Å². The molecule has 0 atom stereocenters. The highest BCUT2D eigenvalue weighted by atomic mass is 16.5. The first-order chi connectivity index (χ1) is 15.0. The zero-order valence-electron chi connectivity index (χ0n) is 17.9. The molecule has 0 aliphatic heterocycles. The maximum Gasteiger partial charge on any atom is 0.329 e. The number of methoxy groups -OCH3 is 1. The molecular weight excluding hydrogens is 392 g/mol. The van der Waals surface area contributed by atoms with Crippen LogP contribution in [0.2, 0.25) is 0 Å². The molecule has 0 fully saturated rings. The molecule has 3 rings (SSSR count). The van der Waals surface area contributed by atoms with E-state index in [4.69, 9.17) is 4.74 Å². The van der Waals surface area contributed by atoms with Crippen molar-refractivity contribution in [2.75, 3.05) is 13.7 Å². The van der Waals surface area contributed by atoms with Gasteiger partial charge in [-0.3, -0.25) is 9.59 Å². The molecule has 0 spiro atoms. The average Bonchev–Trinajstić information content (AvgIpc) is 3.07. The van der Waals surface area contributed by atoms with Crippen LogP contribution in [0.15, 0.2) is 65.8 Å². The minimum absolute atomic E-state index is 0.378. The van der Waals surface area contributed by atoms with Gasteiger partial charge in [0, 0.05) is 29.2 Å². The number of hydrazone groups is 1. The Labute approximate surface area is 181 Å². The zero-order chi connectivity index (χ0) is 22.2. The summed E-state index contributed by atoms with van der Waals surface area (Å²) in [7, 11) is 1.63. The summed E-state index contributed by atoms with van der Waals surface area (Å²) in [5, 5.41) is 6.54. The van der Waals surface area contributed by atoms with Gasteiger partial charge in [0.2, 0.25) is 0 Å². The van der Waals surface area contributed by atoms with Gasteiger partial charge in [0.1, 0.15) is 5.75 Å². The fourth-order valence-electron chi connectivity index (χ4n) is 3.30. The van der Waals surface area contributed by atoms with Gasteiger partial charge in [-0.05, 0) is 56.2 Å². The Morgan fingerprint density at radius 3 is 2.42 bits per heavy atom. The van der Waals surface area contributed by atoms with E-state index in [1.54, 1.807) is 7.11 Å². The molecule has 1 heterocycles. The first-order valence-electron chi connectivity index (χ1n) is 9.98. The summed E-state index contributed by atoms with van der Waals surface area (Å²) in [6, 6.07) is 19.5. The van der Waals surface area contributed by atoms with Crippen LogP contribution >= 0.6 is 0 Å². The van der Waals surface area contributed by atoms with Crippen LogP contribution in [-0.4, -0.2) is 36.3 Å². The van der Waals surface area contributed by atoms with E-state index < -0.39 is 11.8 Å². The van der Waals surface area contributed by atoms with Crippen LogP contribution in [0.25, 0.3) is 5.69 Å². The van der Waals surface area contributed by atoms with Crippen molar-refractivity contribution in [1.82, 2.24) is 15.3 Å². The van der Waals surface area contributed by atoms with Crippen molar-refractivity contribution in [2.45, 2.75) is 20.3 Å². The maximum absolute atomic E-state index is 12.0. The smallest absolute Gasteiger partial charge is 0.329 e. The molecule has 0 aliphatic carbocycles. The fourth-order valence-corrected chi connectivity index (χ4v) is 3.30. The monoisotopic (exact) mass is 418 g/mol. The number of amides is 2. The molecule has 2 aromatic carbocycles. The highest BCUT2D eigenvalue weighted by molar-refractivity contribution is 6.35. The highest BCUT2D eigenvalue weighted by Gasteiger charge is 2.13. The molecule has 0 saturated heterocycles. The average molecular weight is 418 g/mol. The molecule has 0 saturated carbocycles. The van der Waals surface area contributed by atoms with Gasteiger partial charge < -0.3 is 14.6 Å². The molecule has 1 aromatic heterocycles. The number of carbonyl (C=O) groups is 2. The summed E-state index contributed by atoms with van der Waals surface area (Å²) in [5.74, 6) is -0.720. The number of rotatable bonds is 7. The van der Waals surface area contributed by atoms with Crippen LogP contribution in [0, 0.1) is 13.8 Å². The third-order valence-corrected chi connectivity index (χ3v) is 4.92. The lowest BCUT2D eigenvalue weighted by Crippen LogP contribution is -2.38. The second-order valence-electron chi connectivity index (χ2n) is 7.05. The molecular formula is C24H26N4O3. The molecule has 0 aliphatic rings. The summed E-state index contributed by atoms with van der Waals surface area (Å²) in [6.45, 7) is 4.34. The Balaban J connectivity index is 1.56. The molecule has 2 amide bonds. The Hall–Kier alpha value is -3.87. The van der Waals surface area contributed by atoms with Gasteiger partial charge in [0.15, 0.2) is 0 Å². The van der Waals surface area contributed by atoms with Crippen molar-refractivity contribution in [3.8, 4) is 11.4 Å².